The van der Waals surface area contributed by atoms with Gasteiger partial charge in [-0.3, -0.25) is 9.59 Å². The maximum absolute atomic E-state index is 13.2. The van der Waals surface area contributed by atoms with E-state index >= 15 is 0 Å². The van der Waals surface area contributed by atoms with Crippen LogP contribution in [0, 0.1) is 0 Å². The van der Waals surface area contributed by atoms with Gasteiger partial charge in [0.05, 0.1) is 25.3 Å². The van der Waals surface area contributed by atoms with E-state index in [0.29, 0.717) is 23.5 Å². The molecule has 3 aromatic rings. The van der Waals surface area contributed by atoms with Crippen LogP contribution in [0.25, 0.3) is 5.76 Å². The molecule has 1 aliphatic rings. The average Bonchev–Trinajstić information content (AvgIpc) is 3.10. The van der Waals surface area contributed by atoms with Crippen molar-refractivity contribution in [3.05, 3.63) is 95.1 Å². The minimum atomic E-state index is -0.874. The molecular formula is C27H25NO6. The number of carbonyl (C=O) groups excluding carboxylic acids is 2. The summed E-state index contributed by atoms with van der Waals surface area (Å²) in [5, 5.41) is 21.2. The Labute approximate surface area is 197 Å². The van der Waals surface area contributed by atoms with Crippen LogP contribution in [-0.4, -0.2) is 40.5 Å². The highest BCUT2D eigenvalue weighted by molar-refractivity contribution is 6.46. The lowest BCUT2D eigenvalue weighted by Gasteiger charge is -2.26. The topological polar surface area (TPSA) is 96.3 Å². The second-order valence-corrected chi connectivity index (χ2v) is 7.80. The van der Waals surface area contributed by atoms with E-state index in [-0.39, 0.29) is 29.4 Å². The first-order valence-electron chi connectivity index (χ1n) is 10.9. The Morgan fingerprint density at radius 3 is 2.35 bits per heavy atom. The largest absolute Gasteiger partial charge is 0.507 e. The van der Waals surface area contributed by atoms with Gasteiger partial charge in [-0.2, -0.15) is 0 Å². The van der Waals surface area contributed by atoms with Crippen molar-refractivity contribution in [2.75, 3.05) is 13.7 Å². The van der Waals surface area contributed by atoms with Crippen LogP contribution in [0.3, 0.4) is 0 Å². The van der Waals surface area contributed by atoms with Crippen LogP contribution in [0.4, 0.5) is 0 Å². The van der Waals surface area contributed by atoms with Gasteiger partial charge >= 0.3 is 0 Å². The third-order valence-electron chi connectivity index (χ3n) is 5.69. The summed E-state index contributed by atoms with van der Waals surface area (Å²) >= 11 is 0. The molecule has 0 saturated carbocycles. The summed E-state index contributed by atoms with van der Waals surface area (Å²) < 4.78 is 10.7. The highest BCUT2D eigenvalue weighted by Crippen LogP contribution is 2.42. The number of aliphatic hydroxyl groups is 1. The van der Waals surface area contributed by atoms with Gasteiger partial charge in [0, 0.05) is 12.1 Å². The van der Waals surface area contributed by atoms with E-state index in [0.717, 1.165) is 5.56 Å². The molecule has 0 radical (unpaired) electrons. The van der Waals surface area contributed by atoms with Crippen LogP contribution in [0.15, 0.2) is 78.4 Å². The number of ketones is 1. The third kappa shape index (κ3) is 4.32. The average molecular weight is 459 g/mol. The van der Waals surface area contributed by atoms with E-state index in [1.807, 2.05) is 37.3 Å². The van der Waals surface area contributed by atoms with Gasteiger partial charge in [0.25, 0.3) is 11.7 Å². The van der Waals surface area contributed by atoms with Crippen LogP contribution in [0.2, 0.25) is 0 Å². The third-order valence-corrected chi connectivity index (χ3v) is 5.69. The molecule has 1 aliphatic heterocycles. The first-order chi connectivity index (χ1) is 16.4. The standard InChI is InChI=1S/C27H25NO6/c1-3-34-20-12-9-18(10-13-20)25(30)23-24(19-11-14-21(29)22(15-19)33-2)28(27(32)26(23)31)16-17-7-5-4-6-8-17/h4-15,24,29-30H,3,16H2,1-2H3/b25-23+. The molecule has 0 aromatic heterocycles. The molecule has 0 spiro atoms. The summed E-state index contributed by atoms with van der Waals surface area (Å²) in [5.41, 5.74) is 1.72. The van der Waals surface area contributed by atoms with Gasteiger partial charge in [-0.05, 0) is 54.4 Å². The zero-order chi connectivity index (χ0) is 24.2. The molecule has 1 amide bonds. The fraction of sp³-hybridized carbons (Fsp3) is 0.185. The van der Waals surface area contributed by atoms with E-state index in [1.165, 1.54) is 18.1 Å². The number of ether oxygens (including phenoxy) is 2. The predicted octanol–water partition coefficient (Wildman–Crippen LogP) is 4.42. The van der Waals surface area contributed by atoms with Crippen LogP contribution < -0.4 is 9.47 Å². The molecule has 2 N–H and O–H groups in total. The number of phenols is 1. The van der Waals surface area contributed by atoms with Gasteiger partial charge in [-0.15, -0.1) is 0 Å². The van der Waals surface area contributed by atoms with E-state index in [1.54, 1.807) is 36.4 Å². The number of nitrogens with zero attached hydrogens (tertiary/aromatic N) is 1. The van der Waals surface area contributed by atoms with E-state index in [9.17, 15) is 19.8 Å². The van der Waals surface area contributed by atoms with Gasteiger partial charge < -0.3 is 24.6 Å². The molecule has 1 unspecified atom stereocenters. The van der Waals surface area contributed by atoms with E-state index in [4.69, 9.17) is 9.47 Å². The number of amides is 1. The minimum Gasteiger partial charge on any atom is -0.507 e. The zero-order valence-electron chi connectivity index (χ0n) is 18.9. The lowest BCUT2D eigenvalue weighted by molar-refractivity contribution is -0.140. The van der Waals surface area contributed by atoms with Gasteiger partial charge in [-0.1, -0.05) is 36.4 Å². The molecule has 3 aromatic carbocycles. The molecule has 174 valence electrons. The molecular weight excluding hydrogens is 434 g/mol. The van der Waals surface area contributed by atoms with Crippen LogP contribution >= 0.6 is 0 Å². The summed E-state index contributed by atoms with van der Waals surface area (Å²) in [7, 11) is 1.42. The molecule has 7 heteroatoms. The van der Waals surface area contributed by atoms with Crippen LogP contribution in [0.5, 0.6) is 17.2 Å². The van der Waals surface area contributed by atoms with Gasteiger partial charge in [-0.25, -0.2) is 0 Å². The lowest BCUT2D eigenvalue weighted by atomic mass is 9.94. The number of hydrogen-bond acceptors (Lipinski definition) is 6. The summed E-state index contributed by atoms with van der Waals surface area (Å²) in [4.78, 5) is 27.7. The number of likely N-dealkylation sites (tertiary alicyclic amines) is 1. The Bertz CT molecular complexity index is 1230. The summed E-state index contributed by atoms with van der Waals surface area (Å²) in [6, 6.07) is 19.7. The fourth-order valence-corrected chi connectivity index (χ4v) is 4.07. The summed E-state index contributed by atoms with van der Waals surface area (Å²) in [6.07, 6.45) is 0. The molecule has 1 fully saturated rings. The summed E-state index contributed by atoms with van der Waals surface area (Å²) in [5.74, 6) is -1.02. The quantitative estimate of drug-likeness (QED) is 0.308. The lowest BCUT2D eigenvalue weighted by Crippen LogP contribution is -2.29. The number of aromatic hydroxyl groups is 1. The normalized spacial score (nSPS) is 17.1. The predicted molar refractivity (Wildman–Crippen MR) is 127 cm³/mol. The molecule has 34 heavy (non-hydrogen) atoms. The number of methoxy groups -OCH3 is 1. The SMILES string of the molecule is CCOc1ccc(/C(O)=C2\C(=O)C(=O)N(Cc3ccccc3)C2c2ccc(O)c(OC)c2)cc1. The number of carbonyl (C=O) groups is 2. The van der Waals surface area contributed by atoms with Gasteiger partial charge in [0.1, 0.15) is 11.5 Å². The Kier molecular flexibility index (Phi) is 6.54. The maximum Gasteiger partial charge on any atom is 0.295 e. The van der Waals surface area contributed by atoms with Crippen molar-refractivity contribution < 1.29 is 29.3 Å². The number of benzene rings is 3. The Morgan fingerprint density at radius 1 is 1.00 bits per heavy atom. The summed E-state index contributed by atoms with van der Waals surface area (Å²) in [6.45, 7) is 2.53. The van der Waals surface area contributed by atoms with E-state index in [2.05, 4.69) is 0 Å². The van der Waals surface area contributed by atoms with Crippen LogP contribution in [-0.2, 0) is 16.1 Å². The van der Waals surface area contributed by atoms with Crippen molar-refractivity contribution >= 4 is 17.4 Å². The monoisotopic (exact) mass is 459 g/mol. The molecule has 4 rings (SSSR count). The molecule has 7 nitrogen and oxygen atoms in total. The van der Waals surface area contributed by atoms with Gasteiger partial charge in [0.2, 0.25) is 0 Å². The highest BCUT2D eigenvalue weighted by atomic mass is 16.5. The second kappa shape index (κ2) is 9.70. The fourth-order valence-electron chi connectivity index (χ4n) is 4.07. The molecule has 1 atom stereocenters. The zero-order valence-corrected chi connectivity index (χ0v) is 18.9. The van der Waals surface area contributed by atoms with Crippen molar-refractivity contribution in [3.8, 4) is 17.2 Å². The van der Waals surface area contributed by atoms with Gasteiger partial charge in [0.15, 0.2) is 11.5 Å². The second-order valence-electron chi connectivity index (χ2n) is 7.80. The highest BCUT2D eigenvalue weighted by Gasteiger charge is 2.46. The molecule has 1 heterocycles. The van der Waals surface area contributed by atoms with Crippen molar-refractivity contribution in [1.29, 1.82) is 0 Å². The smallest absolute Gasteiger partial charge is 0.295 e. The molecule has 0 bridgehead atoms. The number of rotatable bonds is 7. The Balaban J connectivity index is 1.85. The van der Waals surface area contributed by atoms with Crippen molar-refractivity contribution in [1.82, 2.24) is 4.90 Å². The minimum absolute atomic E-state index is 0.0298. The van der Waals surface area contributed by atoms with E-state index < -0.39 is 17.7 Å². The van der Waals surface area contributed by atoms with Crippen molar-refractivity contribution in [2.45, 2.75) is 19.5 Å². The molecule has 1 saturated heterocycles. The number of aliphatic hydroxyl groups excluding tert-OH is 1. The number of hydrogen-bond donors (Lipinski definition) is 2. The molecule has 0 aliphatic carbocycles. The Hall–Kier alpha value is -4.26. The number of Topliss-reactive ketones (excluding diaryl/α,β-unsaturated/α-hetero) is 1. The first kappa shape index (κ1) is 22.9. The van der Waals surface area contributed by atoms with Crippen molar-refractivity contribution in [2.24, 2.45) is 0 Å². The van der Waals surface area contributed by atoms with Crippen molar-refractivity contribution in [3.63, 3.8) is 0 Å². The first-order valence-corrected chi connectivity index (χ1v) is 10.9. The number of phenolic OH excluding ortho intramolecular Hbond substituents is 1. The Morgan fingerprint density at radius 2 is 1.71 bits per heavy atom. The maximum atomic E-state index is 13.2. The van der Waals surface area contributed by atoms with Crippen LogP contribution in [0.1, 0.15) is 29.7 Å².